The molecule has 16 heavy (non-hydrogen) atoms. The van der Waals surface area contributed by atoms with Crippen molar-refractivity contribution >= 4 is 0 Å². The van der Waals surface area contributed by atoms with E-state index in [9.17, 15) is 0 Å². The van der Waals surface area contributed by atoms with Gasteiger partial charge < -0.3 is 10.2 Å². The molecule has 1 N–H and O–H groups in total. The minimum Gasteiger partial charge on any atom is -0.315 e. The van der Waals surface area contributed by atoms with Gasteiger partial charge in [0.05, 0.1) is 0 Å². The van der Waals surface area contributed by atoms with E-state index in [0.29, 0.717) is 0 Å². The van der Waals surface area contributed by atoms with Crippen LogP contribution < -0.4 is 5.32 Å². The Bertz CT molecular complexity index is 122. The van der Waals surface area contributed by atoms with Crippen molar-refractivity contribution in [1.82, 2.24) is 10.2 Å². The predicted octanol–water partition coefficient (Wildman–Crippen LogP) is 3.28. The smallest absolute Gasteiger partial charge is 0.0107 e. The Kier molecular flexibility index (Phi) is 12.9. The third-order valence-corrected chi connectivity index (χ3v) is 3.21. The van der Waals surface area contributed by atoms with Crippen LogP contribution in [-0.4, -0.2) is 37.6 Å². The molecule has 98 valence electrons. The molecule has 2 nitrogen and oxygen atoms in total. The van der Waals surface area contributed by atoms with Crippen molar-refractivity contribution in [2.45, 2.75) is 59.3 Å². The van der Waals surface area contributed by atoms with E-state index >= 15 is 0 Å². The van der Waals surface area contributed by atoms with Crippen LogP contribution in [0.15, 0.2) is 0 Å². The van der Waals surface area contributed by atoms with Crippen molar-refractivity contribution in [3.63, 3.8) is 0 Å². The lowest BCUT2D eigenvalue weighted by Gasteiger charge is -2.17. The van der Waals surface area contributed by atoms with Crippen molar-refractivity contribution in [2.75, 3.05) is 32.7 Å². The van der Waals surface area contributed by atoms with Gasteiger partial charge in [-0.25, -0.2) is 0 Å². The van der Waals surface area contributed by atoms with Gasteiger partial charge in [-0.2, -0.15) is 0 Å². The van der Waals surface area contributed by atoms with Crippen LogP contribution in [0.1, 0.15) is 59.3 Å². The Labute approximate surface area is 103 Å². The van der Waals surface area contributed by atoms with Crippen LogP contribution in [0.5, 0.6) is 0 Å². The van der Waals surface area contributed by atoms with Crippen molar-refractivity contribution in [1.29, 1.82) is 0 Å². The molecular weight excluding hydrogens is 196 g/mol. The quantitative estimate of drug-likeness (QED) is 0.516. The highest BCUT2D eigenvalue weighted by molar-refractivity contribution is 4.56. The first-order valence-electron chi connectivity index (χ1n) is 7.28. The molecule has 0 heterocycles. The van der Waals surface area contributed by atoms with Crippen LogP contribution in [0.25, 0.3) is 0 Å². The Balaban J connectivity index is 3.03. The first kappa shape index (κ1) is 15.9. The number of hydrogen-bond acceptors (Lipinski definition) is 2. The predicted molar refractivity (Wildman–Crippen MR) is 74.0 cm³/mol. The summed E-state index contributed by atoms with van der Waals surface area (Å²) in [6.45, 7) is 12.6. The third-order valence-electron chi connectivity index (χ3n) is 3.21. The highest BCUT2D eigenvalue weighted by atomic mass is 15.1. The lowest BCUT2D eigenvalue weighted by Crippen LogP contribution is -2.32. The zero-order chi connectivity index (χ0) is 12.1. The van der Waals surface area contributed by atoms with Gasteiger partial charge >= 0.3 is 0 Å². The normalized spacial score (nSPS) is 11.2. The minimum atomic E-state index is 1.15. The number of rotatable bonds is 12. The van der Waals surface area contributed by atoms with E-state index in [1.165, 1.54) is 64.7 Å². The standard InChI is InChI=1S/C14H32N2/c1-4-7-8-9-10-11-12-15-13-14-16(5-2)6-3/h15H,4-14H2,1-3H3. The molecule has 0 amide bonds. The van der Waals surface area contributed by atoms with Crippen LogP contribution in [-0.2, 0) is 0 Å². The van der Waals surface area contributed by atoms with Crippen molar-refractivity contribution in [3.05, 3.63) is 0 Å². The highest BCUT2D eigenvalue weighted by Gasteiger charge is 1.97. The lowest BCUT2D eigenvalue weighted by atomic mass is 10.1. The highest BCUT2D eigenvalue weighted by Crippen LogP contribution is 2.03. The molecule has 0 bridgehead atoms. The molecule has 0 aromatic rings. The second kappa shape index (κ2) is 13.0. The Morgan fingerprint density at radius 2 is 1.38 bits per heavy atom. The molecule has 2 heteroatoms. The lowest BCUT2D eigenvalue weighted by molar-refractivity contribution is 0.302. The van der Waals surface area contributed by atoms with Gasteiger partial charge in [0.15, 0.2) is 0 Å². The summed E-state index contributed by atoms with van der Waals surface area (Å²) in [5.41, 5.74) is 0. The number of likely N-dealkylation sites (N-methyl/N-ethyl adjacent to an activating group) is 1. The van der Waals surface area contributed by atoms with Crippen LogP contribution >= 0.6 is 0 Å². The van der Waals surface area contributed by atoms with E-state index in [4.69, 9.17) is 0 Å². The van der Waals surface area contributed by atoms with Gasteiger partial charge in [0.1, 0.15) is 0 Å². The zero-order valence-corrected chi connectivity index (χ0v) is 11.7. The van der Waals surface area contributed by atoms with E-state index in [-0.39, 0.29) is 0 Å². The molecule has 0 aromatic carbocycles. The fraction of sp³-hybridized carbons (Fsp3) is 1.00. The summed E-state index contributed by atoms with van der Waals surface area (Å²) in [6, 6.07) is 0. The number of hydrogen-bond donors (Lipinski definition) is 1. The van der Waals surface area contributed by atoms with Crippen molar-refractivity contribution in [2.24, 2.45) is 0 Å². The first-order valence-corrected chi connectivity index (χ1v) is 7.28. The zero-order valence-electron chi connectivity index (χ0n) is 11.7. The fourth-order valence-electron chi connectivity index (χ4n) is 1.93. The molecule has 0 rings (SSSR count). The van der Waals surface area contributed by atoms with E-state index in [0.717, 1.165) is 6.54 Å². The molecule has 0 spiro atoms. The average molecular weight is 228 g/mol. The number of unbranched alkanes of at least 4 members (excludes halogenated alkanes) is 5. The van der Waals surface area contributed by atoms with Gasteiger partial charge in [-0.05, 0) is 26.1 Å². The summed E-state index contributed by atoms with van der Waals surface area (Å²) in [5, 5.41) is 3.53. The van der Waals surface area contributed by atoms with Crippen LogP contribution in [0, 0.1) is 0 Å². The van der Waals surface area contributed by atoms with E-state index in [1.54, 1.807) is 0 Å². The summed E-state index contributed by atoms with van der Waals surface area (Å²) in [7, 11) is 0. The van der Waals surface area contributed by atoms with Gasteiger partial charge in [-0.15, -0.1) is 0 Å². The second-order valence-corrected chi connectivity index (χ2v) is 4.54. The largest absolute Gasteiger partial charge is 0.315 e. The van der Waals surface area contributed by atoms with Gasteiger partial charge in [0, 0.05) is 13.1 Å². The molecule has 0 aliphatic rings. The Morgan fingerprint density at radius 1 is 0.750 bits per heavy atom. The second-order valence-electron chi connectivity index (χ2n) is 4.54. The maximum Gasteiger partial charge on any atom is 0.0107 e. The minimum absolute atomic E-state index is 1.15. The molecule has 0 radical (unpaired) electrons. The van der Waals surface area contributed by atoms with Gasteiger partial charge in [-0.3, -0.25) is 0 Å². The summed E-state index contributed by atoms with van der Waals surface area (Å²) in [4.78, 5) is 2.47. The molecule has 0 saturated heterocycles. The van der Waals surface area contributed by atoms with Crippen LogP contribution in [0.2, 0.25) is 0 Å². The molecule has 0 unspecified atom stereocenters. The molecule has 0 fully saturated rings. The van der Waals surface area contributed by atoms with Crippen LogP contribution in [0.4, 0.5) is 0 Å². The molecule has 0 aliphatic heterocycles. The summed E-state index contributed by atoms with van der Waals surface area (Å²) >= 11 is 0. The summed E-state index contributed by atoms with van der Waals surface area (Å²) < 4.78 is 0. The van der Waals surface area contributed by atoms with Gasteiger partial charge in [-0.1, -0.05) is 52.9 Å². The van der Waals surface area contributed by atoms with Crippen molar-refractivity contribution in [3.8, 4) is 0 Å². The Morgan fingerprint density at radius 3 is 2.00 bits per heavy atom. The van der Waals surface area contributed by atoms with E-state index < -0.39 is 0 Å². The fourth-order valence-corrected chi connectivity index (χ4v) is 1.93. The van der Waals surface area contributed by atoms with Crippen LogP contribution in [0.3, 0.4) is 0 Å². The third kappa shape index (κ3) is 10.4. The molecule has 0 aromatic heterocycles. The summed E-state index contributed by atoms with van der Waals surface area (Å²) in [5.74, 6) is 0. The topological polar surface area (TPSA) is 15.3 Å². The van der Waals surface area contributed by atoms with Gasteiger partial charge in [0.2, 0.25) is 0 Å². The molecular formula is C14H32N2. The molecule has 0 atom stereocenters. The number of nitrogens with zero attached hydrogens (tertiary/aromatic N) is 1. The number of nitrogens with one attached hydrogen (secondary N) is 1. The molecule has 0 aliphatic carbocycles. The monoisotopic (exact) mass is 228 g/mol. The molecule has 0 saturated carbocycles. The maximum absolute atomic E-state index is 3.53. The van der Waals surface area contributed by atoms with Crippen molar-refractivity contribution < 1.29 is 0 Å². The SMILES string of the molecule is CCCCCCCCNCCN(CC)CC. The van der Waals surface area contributed by atoms with E-state index in [2.05, 4.69) is 31.0 Å². The Hall–Kier alpha value is -0.0800. The summed E-state index contributed by atoms with van der Waals surface area (Å²) in [6.07, 6.45) is 8.36. The van der Waals surface area contributed by atoms with E-state index in [1.807, 2.05) is 0 Å². The maximum atomic E-state index is 3.53. The average Bonchev–Trinajstić information content (AvgIpc) is 2.32. The van der Waals surface area contributed by atoms with Gasteiger partial charge in [0.25, 0.3) is 0 Å². The first-order chi connectivity index (χ1) is 7.85.